The normalized spacial score (nSPS) is 10.9. The van der Waals surface area contributed by atoms with Crippen LogP contribution in [0.15, 0.2) is 10.6 Å². The van der Waals surface area contributed by atoms with Crippen molar-refractivity contribution in [2.45, 2.75) is 26.8 Å². The molecule has 0 bridgehead atoms. The molecular weight excluding hydrogens is 238 g/mol. The Hall–Kier alpha value is -1.89. The highest BCUT2D eigenvalue weighted by molar-refractivity contribution is 5.91. The topological polar surface area (TPSA) is 95.7 Å². The van der Waals surface area contributed by atoms with Crippen molar-refractivity contribution in [3.8, 4) is 0 Å². The van der Waals surface area contributed by atoms with E-state index in [1.165, 1.54) is 0 Å². The highest BCUT2D eigenvalue weighted by Crippen LogP contribution is 2.07. The Bertz CT molecular complexity index is 428. The Balaban J connectivity index is 2.53. The number of aromatic nitrogens is 1. The van der Waals surface area contributed by atoms with Crippen LogP contribution >= 0.6 is 0 Å². The minimum Gasteiger partial charge on any atom is -0.480 e. The summed E-state index contributed by atoms with van der Waals surface area (Å²) in [5.41, 5.74) is 0. The monoisotopic (exact) mass is 255 g/mol. The Kier molecular flexibility index (Phi) is 4.85. The standard InChI is InChI=1S/C11H17N3O4/c1-7(2)14(6-11(16)17)5-10(15)12-9-4-8(3)18-13-9/h4,7H,5-6H2,1-3H3,(H,16,17)(H,12,13,15). The summed E-state index contributed by atoms with van der Waals surface area (Å²) in [5, 5.41) is 14.9. The smallest absolute Gasteiger partial charge is 0.317 e. The second-order valence-electron chi connectivity index (χ2n) is 4.26. The Labute approximate surface area is 105 Å². The van der Waals surface area contributed by atoms with Gasteiger partial charge in [-0.2, -0.15) is 0 Å². The zero-order valence-electron chi connectivity index (χ0n) is 10.6. The molecular formula is C11H17N3O4. The van der Waals surface area contributed by atoms with Gasteiger partial charge in [0.15, 0.2) is 5.82 Å². The Morgan fingerprint density at radius 2 is 2.17 bits per heavy atom. The lowest BCUT2D eigenvalue weighted by molar-refractivity contribution is -0.139. The molecule has 0 aliphatic rings. The van der Waals surface area contributed by atoms with Crippen LogP contribution < -0.4 is 5.32 Å². The van der Waals surface area contributed by atoms with Gasteiger partial charge in [0.1, 0.15) is 5.76 Å². The van der Waals surface area contributed by atoms with Gasteiger partial charge in [0.05, 0.1) is 13.1 Å². The maximum absolute atomic E-state index is 11.7. The molecule has 0 atom stereocenters. The van der Waals surface area contributed by atoms with Crippen LogP contribution in [0.4, 0.5) is 5.82 Å². The molecule has 1 aromatic heterocycles. The average Bonchev–Trinajstić information content (AvgIpc) is 2.62. The van der Waals surface area contributed by atoms with E-state index in [1.807, 2.05) is 13.8 Å². The number of carbonyl (C=O) groups excluding carboxylic acids is 1. The van der Waals surface area contributed by atoms with Crippen LogP contribution in [0, 0.1) is 6.92 Å². The van der Waals surface area contributed by atoms with Gasteiger partial charge in [0.2, 0.25) is 5.91 Å². The van der Waals surface area contributed by atoms with Crippen LogP contribution in [0.1, 0.15) is 19.6 Å². The number of aryl methyl sites for hydroxylation is 1. The fraction of sp³-hybridized carbons (Fsp3) is 0.545. The summed E-state index contributed by atoms with van der Waals surface area (Å²) < 4.78 is 4.81. The number of carbonyl (C=O) groups is 2. The summed E-state index contributed by atoms with van der Waals surface area (Å²) in [4.78, 5) is 23.9. The van der Waals surface area contributed by atoms with Crippen LogP contribution in [0.25, 0.3) is 0 Å². The van der Waals surface area contributed by atoms with Gasteiger partial charge in [-0.05, 0) is 20.8 Å². The number of aliphatic carboxylic acids is 1. The summed E-state index contributed by atoms with van der Waals surface area (Å²) in [6.45, 7) is 5.19. The molecule has 7 heteroatoms. The van der Waals surface area contributed by atoms with E-state index in [2.05, 4.69) is 10.5 Å². The van der Waals surface area contributed by atoms with E-state index in [4.69, 9.17) is 9.63 Å². The second-order valence-corrected chi connectivity index (χ2v) is 4.26. The number of hydrogen-bond donors (Lipinski definition) is 2. The number of carboxylic acid groups (broad SMARTS) is 1. The fourth-order valence-electron chi connectivity index (χ4n) is 1.39. The molecule has 0 unspecified atom stereocenters. The predicted molar refractivity (Wildman–Crippen MR) is 64.2 cm³/mol. The molecule has 0 saturated carbocycles. The predicted octanol–water partition coefficient (Wildman–Crippen LogP) is 0.717. The van der Waals surface area contributed by atoms with Crippen molar-refractivity contribution in [1.29, 1.82) is 0 Å². The maximum Gasteiger partial charge on any atom is 0.317 e. The Morgan fingerprint density at radius 3 is 2.61 bits per heavy atom. The third kappa shape index (κ3) is 4.54. The molecule has 0 aliphatic heterocycles. The number of carboxylic acids is 1. The van der Waals surface area contributed by atoms with Crippen molar-refractivity contribution >= 4 is 17.7 Å². The van der Waals surface area contributed by atoms with Gasteiger partial charge in [-0.1, -0.05) is 5.16 Å². The number of hydrogen-bond acceptors (Lipinski definition) is 5. The first-order valence-corrected chi connectivity index (χ1v) is 5.57. The molecule has 1 rings (SSSR count). The lowest BCUT2D eigenvalue weighted by atomic mass is 10.3. The molecule has 1 aromatic rings. The molecule has 100 valence electrons. The first-order valence-electron chi connectivity index (χ1n) is 5.57. The maximum atomic E-state index is 11.7. The molecule has 0 aromatic carbocycles. The molecule has 1 amide bonds. The second kappa shape index (κ2) is 6.15. The van der Waals surface area contributed by atoms with Crippen LogP contribution in [-0.2, 0) is 9.59 Å². The lowest BCUT2D eigenvalue weighted by Crippen LogP contribution is -2.41. The van der Waals surface area contributed by atoms with Crippen LogP contribution in [0.3, 0.4) is 0 Å². The molecule has 0 spiro atoms. The number of nitrogens with one attached hydrogen (secondary N) is 1. The van der Waals surface area contributed by atoms with E-state index in [1.54, 1.807) is 17.9 Å². The number of rotatable bonds is 6. The summed E-state index contributed by atoms with van der Waals surface area (Å²) >= 11 is 0. The first-order chi connectivity index (χ1) is 8.38. The van der Waals surface area contributed by atoms with E-state index in [0.29, 0.717) is 11.6 Å². The summed E-state index contributed by atoms with van der Waals surface area (Å²) in [6, 6.07) is 1.56. The van der Waals surface area contributed by atoms with Crippen molar-refractivity contribution in [3.05, 3.63) is 11.8 Å². The van der Waals surface area contributed by atoms with Crippen LogP contribution in [0.2, 0.25) is 0 Å². The highest BCUT2D eigenvalue weighted by atomic mass is 16.5. The molecule has 1 heterocycles. The first kappa shape index (κ1) is 14.2. The summed E-state index contributed by atoms with van der Waals surface area (Å²) in [6.07, 6.45) is 0. The molecule has 0 saturated heterocycles. The zero-order chi connectivity index (χ0) is 13.7. The molecule has 2 N–H and O–H groups in total. The third-order valence-corrected chi connectivity index (χ3v) is 2.31. The van der Waals surface area contributed by atoms with Crippen LogP contribution in [-0.4, -0.2) is 46.2 Å². The van der Waals surface area contributed by atoms with Crippen molar-refractivity contribution in [2.24, 2.45) is 0 Å². The molecule has 0 radical (unpaired) electrons. The number of anilines is 1. The van der Waals surface area contributed by atoms with E-state index >= 15 is 0 Å². The average molecular weight is 255 g/mol. The van der Waals surface area contributed by atoms with Crippen LogP contribution in [0.5, 0.6) is 0 Å². The van der Waals surface area contributed by atoms with Crippen molar-refractivity contribution < 1.29 is 19.2 Å². The highest BCUT2D eigenvalue weighted by Gasteiger charge is 2.17. The van der Waals surface area contributed by atoms with Gasteiger partial charge in [0.25, 0.3) is 0 Å². The Morgan fingerprint density at radius 1 is 1.50 bits per heavy atom. The van der Waals surface area contributed by atoms with Gasteiger partial charge >= 0.3 is 5.97 Å². The molecule has 0 fully saturated rings. The molecule has 18 heavy (non-hydrogen) atoms. The number of amides is 1. The fourth-order valence-corrected chi connectivity index (χ4v) is 1.39. The minimum absolute atomic E-state index is 0.00409. The van der Waals surface area contributed by atoms with E-state index in [-0.39, 0.29) is 25.0 Å². The zero-order valence-corrected chi connectivity index (χ0v) is 10.6. The quantitative estimate of drug-likeness (QED) is 0.777. The van der Waals surface area contributed by atoms with Gasteiger partial charge < -0.3 is 14.9 Å². The van der Waals surface area contributed by atoms with E-state index < -0.39 is 5.97 Å². The lowest BCUT2D eigenvalue weighted by Gasteiger charge is -2.23. The van der Waals surface area contributed by atoms with E-state index in [0.717, 1.165) is 0 Å². The minimum atomic E-state index is -0.964. The summed E-state index contributed by atoms with van der Waals surface area (Å²) in [5.74, 6) is -0.361. The third-order valence-electron chi connectivity index (χ3n) is 2.31. The van der Waals surface area contributed by atoms with Crippen molar-refractivity contribution in [3.63, 3.8) is 0 Å². The summed E-state index contributed by atoms with van der Waals surface area (Å²) in [7, 11) is 0. The van der Waals surface area contributed by atoms with Gasteiger partial charge in [-0.15, -0.1) is 0 Å². The van der Waals surface area contributed by atoms with Gasteiger partial charge in [-0.3, -0.25) is 14.5 Å². The number of nitrogens with zero attached hydrogens (tertiary/aromatic N) is 2. The van der Waals surface area contributed by atoms with E-state index in [9.17, 15) is 9.59 Å². The van der Waals surface area contributed by atoms with Gasteiger partial charge in [0, 0.05) is 12.1 Å². The van der Waals surface area contributed by atoms with Crippen molar-refractivity contribution in [1.82, 2.24) is 10.1 Å². The molecule has 0 aliphatic carbocycles. The van der Waals surface area contributed by atoms with Crippen molar-refractivity contribution in [2.75, 3.05) is 18.4 Å². The largest absolute Gasteiger partial charge is 0.480 e. The molecule has 7 nitrogen and oxygen atoms in total. The SMILES string of the molecule is Cc1cc(NC(=O)CN(CC(=O)O)C(C)C)no1. The van der Waals surface area contributed by atoms with Gasteiger partial charge in [-0.25, -0.2) is 0 Å².